The topological polar surface area (TPSA) is 253 Å². The molecule has 1 aromatic carbocycles. The second kappa shape index (κ2) is 12.2. The van der Waals surface area contributed by atoms with Crippen LogP contribution in [-0.4, -0.2) is 116 Å². The number of alkyl halides is 1. The smallest absolute Gasteiger partial charge is 0.317 e. The molecule has 2 heterocycles. The number of amides is 1. The van der Waals surface area contributed by atoms with Crippen molar-refractivity contribution in [1.82, 2.24) is 5.32 Å². The van der Waals surface area contributed by atoms with Gasteiger partial charge in [0.05, 0.1) is 29.1 Å². The van der Waals surface area contributed by atoms with Gasteiger partial charge in [0, 0.05) is 13.0 Å². The first kappa shape index (κ1) is 29.5. The number of hydrogen-bond acceptors (Lipinski definition) is 14. The molecule has 0 aromatic heterocycles. The van der Waals surface area contributed by atoms with Gasteiger partial charge in [-0.1, -0.05) is 0 Å². The van der Waals surface area contributed by atoms with Gasteiger partial charge in [0.1, 0.15) is 42.7 Å². The number of nitro benzene ring substituents is 2. The van der Waals surface area contributed by atoms with Crippen molar-refractivity contribution in [2.45, 2.75) is 68.3 Å². The number of non-ortho nitro benzene ring substituents is 1. The molecule has 6 N–H and O–H groups in total. The summed E-state index contributed by atoms with van der Waals surface area (Å²) in [7, 11) is 0. The number of rotatable bonds is 9. The number of nitro groups is 2. The Labute approximate surface area is 212 Å². The van der Waals surface area contributed by atoms with Crippen LogP contribution in [-0.2, 0) is 19.0 Å². The number of ether oxygens (including phenoxy) is 4. The van der Waals surface area contributed by atoms with Gasteiger partial charge in [-0.25, -0.2) is 4.39 Å². The molecule has 3 rings (SSSR count). The van der Waals surface area contributed by atoms with Gasteiger partial charge in [-0.2, -0.15) is 0 Å². The number of benzene rings is 1. The minimum absolute atomic E-state index is 0.581. The lowest BCUT2D eigenvalue weighted by Crippen LogP contribution is -2.67. The van der Waals surface area contributed by atoms with Gasteiger partial charge in [-0.15, -0.1) is 0 Å². The number of carbonyl (C=O) groups is 1. The minimum atomic E-state index is -2.47. The molecule has 2 fully saturated rings. The van der Waals surface area contributed by atoms with Gasteiger partial charge < -0.3 is 49.8 Å². The monoisotopic (exact) mass is 551 g/mol. The molecule has 17 nitrogen and oxygen atoms in total. The van der Waals surface area contributed by atoms with Crippen molar-refractivity contribution in [3.8, 4) is 5.75 Å². The van der Waals surface area contributed by atoms with Gasteiger partial charge in [0.25, 0.3) is 5.69 Å². The Morgan fingerprint density at radius 2 is 1.66 bits per heavy atom. The number of aliphatic hydroxyl groups is 5. The quantitative estimate of drug-likeness (QED) is 0.139. The molecule has 1 aromatic rings. The van der Waals surface area contributed by atoms with Gasteiger partial charge in [-0.3, -0.25) is 25.0 Å². The Bertz CT molecular complexity index is 1030. The van der Waals surface area contributed by atoms with Crippen LogP contribution in [0.2, 0.25) is 0 Å². The first-order chi connectivity index (χ1) is 17.9. The Hall–Kier alpha value is -3.10. The summed E-state index contributed by atoms with van der Waals surface area (Å²) in [4.78, 5) is 32.0. The summed E-state index contributed by atoms with van der Waals surface area (Å²) in [6.07, 6.45) is -16.4. The zero-order valence-electron chi connectivity index (χ0n) is 19.6. The van der Waals surface area contributed by atoms with Crippen molar-refractivity contribution < 1.29 is 63.5 Å². The summed E-state index contributed by atoms with van der Waals surface area (Å²) in [5.41, 5.74) is -1.53. The summed E-state index contributed by atoms with van der Waals surface area (Å²) in [5.74, 6) is -1.30. The van der Waals surface area contributed by atoms with Crippen LogP contribution in [0.4, 0.5) is 15.8 Å². The molecule has 0 radical (unpaired) electrons. The molecule has 2 aliphatic rings. The molecule has 2 aliphatic heterocycles. The molecule has 2 saturated heterocycles. The molecule has 18 heteroatoms. The van der Waals surface area contributed by atoms with Crippen molar-refractivity contribution in [2.75, 3.05) is 13.2 Å². The molecule has 0 unspecified atom stereocenters. The maximum Gasteiger partial charge on any atom is 0.317 e. The Balaban J connectivity index is 1.83. The van der Waals surface area contributed by atoms with Crippen molar-refractivity contribution in [3.63, 3.8) is 0 Å². The number of aliphatic hydroxyl groups excluding tert-OH is 5. The van der Waals surface area contributed by atoms with E-state index in [1.165, 1.54) is 0 Å². The van der Waals surface area contributed by atoms with Crippen LogP contribution in [0.3, 0.4) is 0 Å². The van der Waals surface area contributed by atoms with Crippen LogP contribution in [0.5, 0.6) is 5.75 Å². The summed E-state index contributed by atoms with van der Waals surface area (Å²) in [5, 5.41) is 74.9. The third-order valence-corrected chi connectivity index (χ3v) is 5.91. The number of hydrogen-bond donors (Lipinski definition) is 6. The zero-order chi connectivity index (χ0) is 28.3. The molecule has 0 aliphatic carbocycles. The van der Waals surface area contributed by atoms with Crippen LogP contribution < -0.4 is 10.1 Å². The average Bonchev–Trinajstić information content (AvgIpc) is 2.87. The lowest BCUT2D eigenvalue weighted by molar-refractivity contribution is -0.395. The molecule has 0 saturated carbocycles. The third-order valence-electron chi connectivity index (χ3n) is 5.91. The highest BCUT2D eigenvalue weighted by atomic mass is 19.1. The van der Waals surface area contributed by atoms with E-state index in [-0.39, 0.29) is 0 Å². The average molecular weight is 551 g/mol. The molecule has 212 valence electrons. The zero-order valence-corrected chi connectivity index (χ0v) is 19.6. The van der Waals surface area contributed by atoms with Crippen molar-refractivity contribution in [2.24, 2.45) is 0 Å². The van der Waals surface area contributed by atoms with E-state index in [0.717, 1.165) is 19.1 Å². The first-order valence-corrected chi connectivity index (χ1v) is 11.1. The highest BCUT2D eigenvalue weighted by Crippen LogP contribution is 2.36. The van der Waals surface area contributed by atoms with E-state index in [4.69, 9.17) is 18.9 Å². The molecule has 1 amide bonds. The highest BCUT2D eigenvalue weighted by molar-refractivity contribution is 5.73. The molecule has 0 bridgehead atoms. The standard InChI is InChI=1S/C20H26FN3O14/c1-7(27)22-14-17(30)15(28)11(5-25)36-20(14)38-18-12(6-26)37-19(13(21)16(18)29)35-10-3-2-8(23(31)32)4-9(10)24(33)34/h2-4,11-20,25-26,28-30H,5-6H2,1H3,(H,22,27)/t11-,12-,13-,14-,15-,16-,17-,18-,19-,20+/m1/s1. The predicted molar refractivity (Wildman–Crippen MR) is 117 cm³/mol. The summed E-state index contributed by atoms with van der Waals surface area (Å²) >= 11 is 0. The molecule has 0 spiro atoms. The fourth-order valence-corrected chi connectivity index (χ4v) is 4.02. The van der Waals surface area contributed by atoms with E-state index in [0.29, 0.717) is 6.07 Å². The first-order valence-electron chi connectivity index (χ1n) is 11.1. The third kappa shape index (κ3) is 6.13. The predicted octanol–water partition coefficient (Wildman–Crippen LogP) is -2.37. The lowest BCUT2D eigenvalue weighted by Gasteiger charge is -2.46. The van der Waals surface area contributed by atoms with Crippen LogP contribution in [0.1, 0.15) is 6.92 Å². The fourth-order valence-electron chi connectivity index (χ4n) is 4.02. The number of nitrogens with one attached hydrogen (secondary N) is 1. The molecular weight excluding hydrogens is 525 g/mol. The molecular formula is C20H26FN3O14. The van der Waals surface area contributed by atoms with Crippen molar-refractivity contribution in [3.05, 3.63) is 38.4 Å². The van der Waals surface area contributed by atoms with E-state index in [2.05, 4.69) is 5.32 Å². The van der Waals surface area contributed by atoms with E-state index in [1.807, 2.05) is 0 Å². The van der Waals surface area contributed by atoms with Crippen molar-refractivity contribution in [1.29, 1.82) is 0 Å². The molecule has 38 heavy (non-hydrogen) atoms. The number of carbonyl (C=O) groups excluding carboxylic acids is 1. The summed E-state index contributed by atoms with van der Waals surface area (Å²) in [6.45, 7) is -0.614. The van der Waals surface area contributed by atoms with E-state index in [9.17, 15) is 50.6 Å². The maximum absolute atomic E-state index is 15.2. The molecule has 10 atom stereocenters. The minimum Gasteiger partial charge on any atom is -0.454 e. The van der Waals surface area contributed by atoms with Crippen LogP contribution in [0.25, 0.3) is 0 Å². The lowest BCUT2D eigenvalue weighted by atomic mass is 9.95. The van der Waals surface area contributed by atoms with E-state index in [1.54, 1.807) is 0 Å². The van der Waals surface area contributed by atoms with Gasteiger partial charge in [0.2, 0.25) is 17.9 Å². The van der Waals surface area contributed by atoms with E-state index < -0.39 is 108 Å². The Kier molecular flexibility index (Phi) is 9.44. The van der Waals surface area contributed by atoms with Crippen LogP contribution in [0.15, 0.2) is 18.2 Å². The Morgan fingerprint density at radius 1 is 1.03 bits per heavy atom. The maximum atomic E-state index is 15.2. The van der Waals surface area contributed by atoms with Gasteiger partial charge >= 0.3 is 5.69 Å². The summed E-state index contributed by atoms with van der Waals surface area (Å²) < 4.78 is 36.6. The fraction of sp³-hybridized carbons (Fsp3) is 0.650. The Morgan fingerprint density at radius 3 is 2.21 bits per heavy atom. The van der Waals surface area contributed by atoms with Gasteiger partial charge in [0.15, 0.2) is 12.5 Å². The normalized spacial score (nSPS) is 35.3. The van der Waals surface area contributed by atoms with Gasteiger partial charge in [-0.05, 0) is 6.07 Å². The van der Waals surface area contributed by atoms with E-state index >= 15 is 4.39 Å². The SMILES string of the molecule is CC(=O)N[C@H]1[C@H](O[C@H]2[C@H](O)[C@@H](F)[C@H](Oc3ccc([N+](=O)[O-])cc3[N+](=O)[O-])O[C@@H]2CO)O[C@H](CO)[C@@H](O)[C@@H]1O. The van der Waals surface area contributed by atoms with Crippen LogP contribution in [0, 0.1) is 20.2 Å². The second-order valence-electron chi connectivity index (χ2n) is 8.48. The largest absolute Gasteiger partial charge is 0.454 e. The summed E-state index contributed by atoms with van der Waals surface area (Å²) in [6, 6.07) is 0.832. The number of nitrogens with zero attached hydrogens (tertiary/aromatic N) is 2. The number of halogens is 1. The second-order valence-corrected chi connectivity index (χ2v) is 8.48. The van der Waals surface area contributed by atoms with Crippen LogP contribution >= 0.6 is 0 Å². The highest BCUT2D eigenvalue weighted by Gasteiger charge is 2.52. The van der Waals surface area contributed by atoms with Crippen molar-refractivity contribution >= 4 is 17.3 Å².